The van der Waals surface area contributed by atoms with Crippen LogP contribution in [0.3, 0.4) is 0 Å². The molecule has 2 aromatic rings. The summed E-state index contributed by atoms with van der Waals surface area (Å²) in [5.74, 6) is -2.21. The Bertz CT molecular complexity index is 2850. The first kappa shape index (κ1) is 49.8. The maximum atomic E-state index is 13.0. The molecule has 0 unspecified atom stereocenters. The Labute approximate surface area is 372 Å². The van der Waals surface area contributed by atoms with Crippen LogP contribution in [0.5, 0.6) is 0 Å². The number of benzene rings is 2. The Morgan fingerprint density at radius 1 is 0.906 bits per heavy atom. The summed E-state index contributed by atoms with van der Waals surface area (Å²) in [6.07, 6.45) is 12.7. The van der Waals surface area contributed by atoms with Gasteiger partial charge in [0.25, 0.3) is 5.70 Å². The van der Waals surface area contributed by atoms with Crippen LogP contribution in [-0.4, -0.2) is 53.4 Å². The minimum Gasteiger partial charge on any atom is -0.465 e. The summed E-state index contributed by atoms with van der Waals surface area (Å²) in [6.45, 7) is 16.2. The third-order valence-electron chi connectivity index (χ3n) is 8.55. The summed E-state index contributed by atoms with van der Waals surface area (Å²) in [5.41, 5.74) is 2.09. The number of rotatable bonds is 20. The number of sulfonamides is 2. The summed E-state index contributed by atoms with van der Waals surface area (Å²) in [4.78, 5) is 27.9. The van der Waals surface area contributed by atoms with E-state index in [1.165, 1.54) is 77.7 Å². The lowest BCUT2D eigenvalue weighted by atomic mass is 9.90. The van der Waals surface area contributed by atoms with Gasteiger partial charge in [-0.25, -0.2) is 26.9 Å². The normalized spacial score (nSPS) is 14.2. The Morgan fingerprint density at radius 2 is 1.50 bits per heavy atom. The SMILES string of the molecule is [C-]#[N+]/C(C#N)=C(/C(C#N)=C/C=C/C1=C(N(CC(=O)OCC)C(=C)OOC=C)C(=C/C=C/C(C#N)=C(\c2ccc(NS(C)(=O)=O)cc2)C(C#N)C#N)/CC1)c1ccc(NS(C)(=O)=O)cc1. The van der Waals surface area contributed by atoms with Crippen LogP contribution in [0.2, 0.25) is 0 Å². The van der Waals surface area contributed by atoms with Crippen LogP contribution in [0.4, 0.5) is 11.4 Å². The first-order chi connectivity index (χ1) is 30.5. The number of carbonyl (C=O) groups excluding carboxylic acids is 1. The van der Waals surface area contributed by atoms with Crippen molar-refractivity contribution in [2.75, 3.05) is 35.1 Å². The molecule has 0 saturated carbocycles. The van der Waals surface area contributed by atoms with Crippen LogP contribution >= 0.6 is 0 Å². The molecule has 0 fully saturated rings. The van der Waals surface area contributed by atoms with Crippen LogP contribution in [0.25, 0.3) is 16.0 Å². The molecule has 17 nitrogen and oxygen atoms in total. The fourth-order valence-electron chi connectivity index (χ4n) is 6.07. The molecule has 19 heteroatoms. The Balaban J connectivity index is 2.27. The van der Waals surface area contributed by atoms with Gasteiger partial charge in [-0.15, -0.1) is 0 Å². The molecule has 0 atom stereocenters. The minimum atomic E-state index is -3.60. The van der Waals surface area contributed by atoms with Crippen LogP contribution in [0, 0.1) is 69.1 Å². The number of esters is 1. The van der Waals surface area contributed by atoms with E-state index in [1.807, 2.05) is 30.3 Å². The van der Waals surface area contributed by atoms with Crippen molar-refractivity contribution >= 4 is 48.5 Å². The van der Waals surface area contributed by atoms with Crippen molar-refractivity contribution in [3.8, 4) is 30.3 Å². The van der Waals surface area contributed by atoms with Gasteiger partial charge in [-0.2, -0.15) is 21.0 Å². The quantitative estimate of drug-likeness (QED) is 0.0253. The summed E-state index contributed by atoms with van der Waals surface area (Å²) in [5, 5.41) is 50.1. The highest BCUT2D eigenvalue weighted by Gasteiger charge is 2.29. The standard InChI is InChI=1S/C45H39N9O8S2/c1-7-60-42(55)30-54(31(3)62-61-8-2)45-34(11-9-13-36(25-46)43(38(27-48)28-49)32-17-21-39(22-18-32)52-63(5,56)57)15-16-35(45)12-10-14-37(26-47)44(41(29-50)51-4)33-19-23-40(24-20-33)53-64(6,58)59/h8-14,17-24,38,52-53H,2-3,7,15-16,30H2,1,5-6H3/b12-10+,13-9+,34-11+,37-14+,43-36-,44-41+. The maximum absolute atomic E-state index is 13.0. The molecule has 1 aliphatic rings. The summed E-state index contributed by atoms with van der Waals surface area (Å²) >= 11 is 0. The van der Waals surface area contributed by atoms with Gasteiger partial charge in [0, 0.05) is 22.5 Å². The number of anilines is 2. The van der Waals surface area contributed by atoms with E-state index in [0.717, 1.165) is 18.8 Å². The van der Waals surface area contributed by atoms with E-state index in [1.54, 1.807) is 19.1 Å². The molecule has 3 rings (SSSR count). The van der Waals surface area contributed by atoms with E-state index in [4.69, 9.17) is 21.1 Å². The van der Waals surface area contributed by atoms with Crippen molar-refractivity contribution in [2.45, 2.75) is 19.8 Å². The number of carbonyl (C=O) groups is 1. The first-order valence-corrected chi connectivity index (χ1v) is 22.3. The van der Waals surface area contributed by atoms with Crippen molar-refractivity contribution in [2.24, 2.45) is 5.92 Å². The monoisotopic (exact) mass is 897 g/mol. The predicted molar refractivity (Wildman–Crippen MR) is 237 cm³/mol. The van der Waals surface area contributed by atoms with Crippen LogP contribution in [0.1, 0.15) is 30.9 Å². The highest BCUT2D eigenvalue weighted by molar-refractivity contribution is 7.92. The van der Waals surface area contributed by atoms with E-state index in [-0.39, 0.29) is 51.7 Å². The van der Waals surface area contributed by atoms with Crippen molar-refractivity contribution < 1.29 is 36.1 Å². The van der Waals surface area contributed by atoms with Gasteiger partial charge in [-0.1, -0.05) is 55.1 Å². The molecule has 2 N–H and O–H groups in total. The van der Waals surface area contributed by atoms with Gasteiger partial charge in [0.15, 0.2) is 5.92 Å². The second-order valence-corrected chi connectivity index (χ2v) is 16.6. The maximum Gasteiger partial charge on any atom is 0.326 e. The van der Waals surface area contributed by atoms with Gasteiger partial charge in [0.2, 0.25) is 25.9 Å². The van der Waals surface area contributed by atoms with E-state index in [0.29, 0.717) is 35.2 Å². The van der Waals surface area contributed by atoms with E-state index in [2.05, 4.69) is 27.4 Å². The summed E-state index contributed by atoms with van der Waals surface area (Å²) in [7, 11) is -7.20. The van der Waals surface area contributed by atoms with Crippen molar-refractivity contribution in [1.82, 2.24) is 4.90 Å². The molecule has 0 bridgehead atoms. The number of allylic oxidation sites excluding steroid dienone is 13. The van der Waals surface area contributed by atoms with E-state index in [9.17, 15) is 47.9 Å². The van der Waals surface area contributed by atoms with Gasteiger partial charge in [0.05, 0.1) is 72.9 Å². The van der Waals surface area contributed by atoms with Crippen LogP contribution in [0.15, 0.2) is 144 Å². The zero-order chi connectivity index (χ0) is 47.5. The fraction of sp³-hybridized carbons (Fsp3) is 0.178. The van der Waals surface area contributed by atoms with E-state index < -0.39 is 44.2 Å². The Hall–Kier alpha value is -8.59. The molecule has 0 amide bonds. The van der Waals surface area contributed by atoms with Gasteiger partial charge in [0.1, 0.15) is 12.8 Å². The number of nitrogens with zero attached hydrogens (tertiary/aromatic N) is 7. The topological polar surface area (TPSA) is 264 Å². The minimum absolute atomic E-state index is 0.00791. The molecule has 0 aromatic heterocycles. The van der Waals surface area contributed by atoms with Crippen molar-refractivity contribution in [1.29, 1.82) is 26.3 Å². The number of hydrogen-bond donors (Lipinski definition) is 2. The predicted octanol–water partition coefficient (Wildman–Crippen LogP) is 7.19. The van der Waals surface area contributed by atoms with Crippen LogP contribution in [-0.2, 0) is 39.4 Å². The average molecular weight is 898 g/mol. The largest absolute Gasteiger partial charge is 0.465 e. The van der Waals surface area contributed by atoms with Crippen molar-refractivity contribution in [3.05, 3.63) is 167 Å². The number of nitriles is 5. The average Bonchev–Trinajstić information content (AvgIpc) is 3.65. The highest BCUT2D eigenvalue weighted by Crippen LogP contribution is 2.38. The van der Waals surface area contributed by atoms with Gasteiger partial charge in [-0.05, 0) is 85.0 Å². The van der Waals surface area contributed by atoms with Crippen molar-refractivity contribution in [3.63, 3.8) is 0 Å². The molecular formula is C45H39N9O8S2. The Morgan fingerprint density at radius 3 is 1.98 bits per heavy atom. The Kier molecular flexibility index (Phi) is 18.2. The lowest BCUT2D eigenvalue weighted by Gasteiger charge is -2.26. The smallest absolute Gasteiger partial charge is 0.326 e. The molecule has 0 heterocycles. The molecule has 0 radical (unpaired) electrons. The van der Waals surface area contributed by atoms with Gasteiger partial charge in [-0.3, -0.25) is 28.9 Å². The second-order valence-electron chi connectivity index (χ2n) is 13.1. The lowest BCUT2D eigenvalue weighted by Crippen LogP contribution is -2.31. The zero-order valence-electron chi connectivity index (χ0n) is 34.7. The van der Waals surface area contributed by atoms with Crippen LogP contribution < -0.4 is 9.44 Å². The fourth-order valence-corrected chi connectivity index (χ4v) is 7.20. The lowest BCUT2D eigenvalue weighted by molar-refractivity contribution is -0.228. The summed E-state index contributed by atoms with van der Waals surface area (Å²) < 4.78 is 56.8. The van der Waals surface area contributed by atoms with Gasteiger partial charge < -0.3 is 4.74 Å². The second kappa shape index (κ2) is 23.4. The van der Waals surface area contributed by atoms with E-state index >= 15 is 0 Å². The third kappa shape index (κ3) is 14.3. The molecule has 0 spiro atoms. The first-order valence-electron chi connectivity index (χ1n) is 18.5. The zero-order valence-corrected chi connectivity index (χ0v) is 36.3. The number of ether oxygens (including phenoxy) is 1. The number of hydrogen-bond acceptors (Lipinski definition) is 14. The molecule has 1 aliphatic carbocycles. The summed E-state index contributed by atoms with van der Waals surface area (Å²) in [6, 6.07) is 21.2. The molecule has 324 valence electrons. The van der Waals surface area contributed by atoms with Gasteiger partial charge >= 0.3 is 5.97 Å². The molecule has 2 aromatic carbocycles. The molecule has 64 heavy (non-hydrogen) atoms. The molecular weight excluding hydrogens is 859 g/mol. The molecule has 0 aliphatic heterocycles. The molecule has 0 saturated heterocycles. The highest BCUT2D eigenvalue weighted by atomic mass is 32.2. The third-order valence-corrected chi connectivity index (χ3v) is 9.76. The number of nitrogens with one attached hydrogen (secondary N) is 2.